The summed E-state index contributed by atoms with van der Waals surface area (Å²) in [5, 5.41) is 10.00. The van der Waals surface area contributed by atoms with E-state index >= 15 is 0 Å². The first kappa shape index (κ1) is 26.6. The van der Waals surface area contributed by atoms with Gasteiger partial charge in [0.15, 0.2) is 5.78 Å². The lowest BCUT2D eigenvalue weighted by atomic mass is 9.43. The van der Waals surface area contributed by atoms with E-state index in [1.54, 1.807) is 0 Å². The molecule has 0 amide bonds. The maximum atomic E-state index is 12.6. The molecule has 0 heterocycles. The lowest BCUT2D eigenvalue weighted by molar-refractivity contribution is -0.143. The van der Waals surface area contributed by atoms with Crippen LogP contribution in [0.5, 0.6) is 0 Å². The van der Waals surface area contributed by atoms with E-state index < -0.39 is 0 Å². The highest BCUT2D eigenvalue weighted by Gasteiger charge is 2.80. The third-order valence-electron chi connectivity index (χ3n) is 11.9. The van der Waals surface area contributed by atoms with Crippen molar-refractivity contribution in [2.75, 3.05) is 13.7 Å². The Hall–Kier alpha value is -1.42. The lowest BCUT2D eigenvalue weighted by Gasteiger charge is -2.61. The van der Waals surface area contributed by atoms with Crippen LogP contribution < -0.4 is 0 Å². The number of allylic oxidation sites excluding steroid dienone is 2. The van der Waals surface area contributed by atoms with E-state index in [-0.39, 0.29) is 40.0 Å². The third-order valence-corrected chi connectivity index (χ3v) is 11.9. The predicted molar refractivity (Wildman–Crippen MR) is 140 cm³/mol. The minimum absolute atomic E-state index is 0.0413. The third kappa shape index (κ3) is 3.88. The second-order valence-corrected chi connectivity index (χ2v) is 13.4. The number of aliphatic hydroxyl groups is 1. The smallest absolute Gasteiger partial charge is 0.305 e. The summed E-state index contributed by atoms with van der Waals surface area (Å²) in [5.41, 5.74) is 2.87. The molecule has 4 rings (SSSR count). The van der Waals surface area contributed by atoms with Gasteiger partial charge in [0.2, 0.25) is 0 Å². The van der Waals surface area contributed by atoms with Crippen molar-refractivity contribution in [3.63, 3.8) is 0 Å². The van der Waals surface area contributed by atoms with Crippen molar-refractivity contribution in [3.05, 3.63) is 23.8 Å². The van der Waals surface area contributed by atoms with Gasteiger partial charge in [0.1, 0.15) is 0 Å². The summed E-state index contributed by atoms with van der Waals surface area (Å²) < 4.78 is 5.02. The molecule has 1 spiro atoms. The Balaban J connectivity index is 1.61. The summed E-state index contributed by atoms with van der Waals surface area (Å²) >= 11 is 0. The number of methoxy groups -OCH3 is 1. The van der Waals surface area contributed by atoms with Crippen molar-refractivity contribution in [2.24, 2.45) is 45.3 Å². The van der Waals surface area contributed by atoms with Gasteiger partial charge < -0.3 is 9.84 Å². The van der Waals surface area contributed by atoms with Gasteiger partial charge in [0, 0.05) is 12.8 Å². The molecule has 0 unspecified atom stereocenters. The molecule has 4 heteroatoms. The molecule has 4 aliphatic carbocycles. The summed E-state index contributed by atoms with van der Waals surface area (Å²) in [6, 6.07) is 0. The standard InChI is InChI=1S/C31H48O4/c1-20(2)16-23(33)17-21(3)24-10-12-29(6)26-9-8-25(22(4)18-32)30(13-11-27(34)35-7)19-31(26,30)15-14-28(24,29)5/h16,21,24-26,32H,4,8-15,17-19H2,1-3,5-7H3/t21-,24-,25+,26+,28-,29+,30-,31+/m1/s1. The van der Waals surface area contributed by atoms with Crippen molar-refractivity contribution in [1.82, 2.24) is 0 Å². The Morgan fingerprint density at radius 2 is 1.83 bits per heavy atom. The number of carbonyl (C=O) groups excluding carboxylic acids is 2. The van der Waals surface area contributed by atoms with Gasteiger partial charge in [-0.1, -0.05) is 32.9 Å². The minimum Gasteiger partial charge on any atom is -0.469 e. The van der Waals surface area contributed by atoms with Crippen LogP contribution in [0.2, 0.25) is 0 Å². The van der Waals surface area contributed by atoms with Crippen molar-refractivity contribution in [1.29, 1.82) is 0 Å². The zero-order chi connectivity index (χ0) is 25.8. The molecule has 4 saturated carbocycles. The van der Waals surface area contributed by atoms with Crippen LogP contribution >= 0.6 is 0 Å². The van der Waals surface area contributed by atoms with Crippen LogP contribution in [0.3, 0.4) is 0 Å². The van der Waals surface area contributed by atoms with E-state index in [4.69, 9.17) is 4.74 Å². The fourth-order valence-electron chi connectivity index (χ4n) is 10.2. The molecule has 1 N–H and O–H groups in total. The molecule has 4 nitrogen and oxygen atoms in total. The van der Waals surface area contributed by atoms with Crippen LogP contribution in [0.1, 0.15) is 98.8 Å². The van der Waals surface area contributed by atoms with Crippen molar-refractivity contribution in [3.8, 4) is 0 Å². The van der Waals surface area contributed by atoms with Gasteiger partial charge in [0.25, 0.3) is 0 Å². The SMILES string of the molecule is C=C(CO)[C@@H]1CC[C@@H]2[C@]3(CC[C@]4(C)[C@@H]([C@H](C)CC(=O)C=C(C)C)CC[C@@]24C)C[C@]13CCC(=O)OC. The van der Waals surface area contributed by atoms with Crippen LogP contribution in [0.4, 0.5) is 0 Å². The fourth-order valence-corrected chi connectivity index (χ4v) is 10.2. The number of fused-ring (bicyclic) bond motifs is 2. The number of esters is 1. The molecule has 0 bridgehead atoms. The van der Waals surface area contributed by atoms with Crippen molar-refractivity contribution >= 4 is 11.8 Å². The van der Waals surface area contributed by atoms with Crippen LogP contribution in [-0.4, -0.2) is 30.6 Å². The molecule has 0 saturated heterocycles. The number of rotatable bonds is 9. The normalized spacial score (nSPS) is 42.2. The van der Waals surface area contributed by atoms with Crippen molar-refractivity contribution in [2.45, 2.75) is 98.8 Å². The highest BCUT2D eigenvalue weighted by Crippen LogP contribution is 2.87. The zero-order valence-electron chi connectivity index (χ0n) is 23.0. The molecule has 8 atom stereocenters. The van der Waals surface area contributed by atoms with E-state index in [1.807, 2.05) is 19.9 Å². The van der Waals surface area contributed by atoms with Gasteiger partial charge in [-0.2, -0.15) is 0 Å². The second kappa shape index (κ2) is 9.15. The van der Waals surface area contributed by atoms with E-state index in [1.165, 1.54) is 39.2 Å². The van der Waals surface area contributed by atoms with Gasteiger partial charge in [-0.05, 0) is 122 Å². The first-order chi connectivity index (χ1) is 16.4. The Morgan fingerprint density at radius 3 is 2.46 bits per heavy atom. The zero-order valence-corrected chi connectivity index (χ0v) is 23.0. The Kier molecular flexibility index (Phi) is 6.97. The predicted octanol–water partition coefficient (Wildman–Crippen LogP) is 6.67. The molecule has 0 aromatic rings. The van der Waals surface area contributed by atoms with Gasteiger partial charge >= 0.3 is 5.97 Å². The molecule has 0 aliphatic heterocycles. The van der Waals surface area contributed by atoms with Crippen LogP contribution in [-0.2, 0) is 14.3 Å². The lowest BCUT2D eigenvalue weighted by Crippen LogP contribution is -2.54. The molecule has 0 aromatic carbocycles. The Labute approximate surface area is 213 Å². The number of ketones is 1. The Bertz CT molecular complexity index is 915. The van der Waals surface area contributed by atoms with E-state index in [9.17, 15) is 14.7 Å². The average Bonchev–Trinajstić information content (AvgIpc) is 3.39. The second-order valence-electron chi connectivity index (χ2n) is 13.4. The summed E-state index contributed by atoms with van der Waals surface area (Å²) in [6.07, 6.45) is 12.0. The largest absolute Gasteiger partial charge is 0.469 e. The quantitative estimate of drug-likeness (QED) is 0.225. The highest BCUT2D eigenvalue weighted by molar-refractivity contribution is 5.90. The number of hydrogen-bond acceptors (Lipinski definition) is 4. The van der Waals surface area contributed by atoms with E-state index in [0.29, 0.717) is 36.5 Å². The van der Waals surface area contributed by atoms with Crippen molar-refractivity contribution < 1.29 is 19.4 Å². The molecule has 196 valence electrons. The average molecular weight is 485 g/mol. The fraction of sp³-hybridized carbons (Fsp3) is 0.806. The minimum atomic E-state index is -0.125. The summed E-state index contributed by atoms with van der Waals surface area (Å²) in [7, 11) is 1.48. The first-order valence-electron chi connectivity index (χ1n) is 13.9. The van der Waals surface area contributed by atoms with E-state index in [0.717, 1.165) is 30.4 Å². The maximum absolute atomic E-state index is 12.6. The number of ether oxygens (including phenoxy) is 1. The monoisotopic (exact) mass is 484 g/mol. The first-order valence-corrected chi connectivity index (χ1v) is 13.9. The van der Waals surface area contributed by atoms with E-state index in [2.05, 4.69) is 27.4 Å². The molecular formula is C31H48O4. The number of hydrogen-bond donors (Lipinski definition) is 1. The van der Waals surface area contributed by atoms with Gasteiger partial charge in [-0.3, -0.25) is 9.59 Å². The molecule has 0 aromatic heterocycles. The van der Waals surface area contributed by atoms with Crippen LogP contribution in [0.15, 0.2) is 23.8 Å². The van der Waals surface area contributed by atoms with Gasteiger partial charge in [-0.25, -0.2) is 0 Å². The van der Waals surface area contributed by atoms with Crippen LogP contribution in [0.25, 0.3) is 0 Å². The maximum Gasteiger partial charge on any atom is 0.305 e. The van der Waals surface area contributed by atoms with Gasteiger partial charge in [0.05, 0.1) is 13.7 Å². The molecule has 4 fully saturated rings. The topological polar surface area (TPSA) is 63.6 Å². The molecule has 0 radical (unpaired) electrons. The van der Waals surface area contributed by atoms with Gasteiger partial charge in [-0.15, -0.1) is 0 Å². The highest BCUT2D eigenvalue weighted by atomic mass is 16.5. The Morgan fingerprint density at radius 1 is 1.11 bits per heavy atom. The molecule has 4 aliphatic rings. The molecule has 35 heavy (non-hydrogen) atoms. The summed E-state index contributed by atoms with van der Waals surface area (Å²) in [4.78, 5) is 24.8. The number of aliphatic hydroxyl groups excluding tert-OH is 1. The summed E-state index contributed by atoms with van der Waals surface area (Å²) in [6.45, 7) is 15.7. The molecular weight excluding hydrogens is 436 g/mol. The summed E-state index contributed by atoms with van der Waals surface area (Å²) in [5.74, 6) is 2.06. The van der Waals surface area contributed by atoms with Crippen LogP contribution in [0, 0.1) is 45.3 Å². The number of carbonyl (C=O) groups is 2.